The van der Waals surface area contributed by atoms with Gasteiger partial charge in [-0.3, -0.25) is 0 Å². The van der Waals surface area contributed by atoms with Crippen LogP contribution >= 0.6 is 0 Å². The van der Waals surface area contributed by atoms with E-state index in [1.54, 1.807) is 29.3 Å². The molecule has 1 unspecified atom stereocenters. The second kappa shape index (κ2) is 8.07. The third-order valence-electron chi connectivity index (χ3n) is 3.37. The first-order valence-corrected chi connectivity index (χ1v) is 7.85. The zero-order chi connectivity index (χ0) is 19.3. The smallest absolute Gasteiger partial charge is 0.417 e. The summed E-state index contributed by atoms with van der Waals surface area (Å²) in [5.74, 6) is 1.14. The van der Waals surface area contributed by atoms with Gasteiger partial charge in [0.15, 0.2) is 0 Å². The predicted octanol–water partition coefficient (Wildman–Crippen LogP) is 4.60. The van der Waals surface area contributed by atoms with Gasteiger partial charge in [0.25, 0.3) is 0 Å². The van der Waals surface area contributed by atoms with Gasteiger partial charge in [0.1, 0.15) is 17.6 Å². The number of ether oxygens (including phenoxy) is 2. The van der Waals surface area contributed by atoms with Gasteiger partial charge in [0.2, 0.25) is 5.88 Å². The Bertz CT molecular complexity index is 742. The van der Waals surface area contributed by atoms with E-state index in [-0.39, 0.29) is 12.0 Å². The summed E-state index contributed by atoms with van der Waals surface area (Å²) in [4.78, 5) is 3.67. The number of hydrazone groups is 1. The molecular weight excluding hydrogens is 347 g/mol. The van der Waals surface area contributed by atoms with Gasteiger partial charge in [-0.05, 0) is 44.2 Å². The highest BCUT2D eigenvalue weighted by Gasteiger charge is 2.30. The summed E-state index contributed by atoms with van der Waals surface area (Å²) in [6.45, 7) is 3.76. The van der Waals surface area contributed by atoms with Crippen molar-refractivity contribution >= 4 is 5.71 Å². The van der Waals surface area contributed by atoms with Crippen molar-refractivity contribution in [1.29, 1.82) is 0 Å². The third-order valence-corrected chi connectivity index (χ3v) is 3.37. The molecule has 2 aromatic rings. The van der Waals surface area contributed by atoms with Gasteiger partial charge in [-0.1, -0.05) is 0 Å². The fraction of sp³-hybridized carbons (Fsp3) is 0.333. The number of alkyl halides is 3. The van der Waals surface area contributed by atoms with Crippen LogP contribution in [0, 0.1) is 0 Å². The molecule has 5 nitrogen and oxygen atoms in total. The molecule has 0 N–H and O–H groups in total. The van der Waals surface area contributed by atoms with E-state index in [9.17, 15) is 13.2 Å². The number of nitrogens with zero attached hydrogens (tertiary/aromatic N) is 3. The number of aromatic nitrogens is 1. The number of pyridine rings is 1. The monoisotopic (exact) mass is 367 g/mol. The van der Waals surface area contributed by atoms with E-state index in [0.717, 1.165) is 18.0 Å². The van der Waals surface area contributed by atoms with E-state index in [1.807, 2.05) is 27.9 Å². The fourth-order valence-electron chi connectivity index (χ4n) is 2.00. The topological polar surface area (TPSA) is 47.0 Å². The molecule has 8 heteroatoms. The molecule has 0 spiro atoms. The summed E-state index contributed by atoms with van der Waals surface area (Å²) < 4.78 is 48.8. The van der Waals surface area contributed by atoms with E-state index < -0.39 is 11.7 Å². The molecule has 0 amide bonds. The van der Waals surface area contributed by atoms with Crippen LogP contribution in [-0.4, -0.2) is 35.9 Å². The Kier molecular flexibility index (Phi) is 6.07. The third kappa shape index (κ3) is 5.65. The average molecular weight is 367 g/mol. The first kappa shape index (κ1) is 19.6. The SMILES string of the molecule is CC(=NN(C)C)C(C)Oc1ccc(Oc2ccc(C(F)(F)F)cn2)cc1. The van der Waals surface area contributed by atoms with Crippen molar-refractivity contribution in [1.82, 2.24) is 9.99 Å². The van der Waals surface area contributed by atoms with Gasteiger partial charge >= 0.3 is 6.18 Å². The van der Waals surface area contributed by atoms with Crippen LogP contribution in [-0.2, 0) is 6.18 Å². The molecule has 0 radical (unpaired) electrons. The maximum atomic E-state index is 12.5. The lowest BCUT2D eigenvalue weighted by atomic mass is 10.2. The van der Waals surface area contributed by atoms with Crippen molar-refractivity contribution < 1.29 is 22.6 Å². The van der Waals surface area contributed by atoms with Gasteiger partial charge in [-0.2, -0.15) is 18.3 Å². The molecule has 0 fully saturated rings. The number of benzene rings is 1. The Labute approximate surface area is 150 Å². The number of halogens is 3. The molecule has 140 valence electrons. The molecule has 1 heterocycles. The number of rotatable bonds is 6. The molecule has 1 aromatic carbocycles. The molecule has 0 aliphatic heterocycles. The average Bonchev–Trinajstić information content (AvgIpc) is 2.55. The van der Waals surface area contributed by atoms with Crippen molar-refractivity contribution in [3.63, 3.8) is 0 Å². The Hall–Kier alpha value is -2.77. The van der Waals surface area contributed by atoms with Gasteiger partial charge in [0, 0.05) is 26.4 Å². The molecule has 1 aromatic heterocycles. The highest BCUT2D eigenvalue weighted by Crippen LogP contribution is 2.30. The van der Waals surface area contributed by atoms with E-state index in [1.165, 1.54) is 6.07 Å². The number of hydrogen-bond donors (Lipinski definition) is 0. The van der Waals surface area contributed by atoms with Crippen molar-refractivity contribution in [2.24, 2.45) is 5.10 Å². The van der Waals surface area contributed by atoms with Gasteiger partial charge in [0.05, 0.1) is 11.3 Å². The molecule has 26 heavy (non-hydrogen) atoms. The molecule has 2 rings (SSSR count). The lowest BCUT2D eigenvalue weighted by Crippen LogP contribution is -2.23. The lowest BCUT2D eigenvalue weighted by molar-refractivity contribution is -0.137. The Morgan fingerprint density at radius 2 is 1.69 bits per heavy atom. The molecule has 0 aliphatic carbocycles. The molecule has 0 aliphatic rings. The van der Waals surface area contributed by atoms with Gasteiger partial charge < -0.3 is 14.5 Å². The van der Waals surface area contributed by atoms with Crippen LogP contribution < -0.4 is 9.47 Å². The van der Waals surface area contributed by atoms with Crippen molar-refractivity contribution in [2.45, 2.75) is 26.1 Å². The number of hydrogen-bond acceptors (Lipinski definition) is 5. The van der Waals surface area contributed by atoms with Crippen LogP contribution in [0.2, 0.25) is 0 Å². The quantitative estimate of drug-likeness (QED) is 0.553. The zero-order valence-electron chi connectivity index (χ0n) is 14.9. The minimum Gasteiger partial charge on any atom is -0.485 e. The standard InChI is InChI=1S/C18H20F3N3O2/c1-12(23-24(3)4)13(2)25-15-6-8-16(9-7-15)26-17-10-5-14(11-22-17)18(19,20)21/h5-11,13H,1-4H3. The minimum absolute atomic E-state index is 0.0778. The highest BCUT2D eigenvalue weighted by molar-refractivity contribution is 5.86. The Balaban J connectivity index is 1.99. The first-order chi connectivity index (χ1) is 12.1. The summed E-state index contributed by atoms with van der Waals surface area (Å²) in [6.07, 6.45) is -3.89. The van der Waals surface area contributed by atoms with Crippen LogP contribution in [0.15, 0.2) is 47.7 Å². The largest absolute Gasteiger partial charge is 0.485 e. The molecule has 0 bridgehead atoms. The van der Waals surface area contributed by atoms with Crippen molar-refractivity contribution in [2.75, 3.05) is 14.1 Å². The second-order valence-corrected chi connectivity index (χ2v) is 5.81. The molecular formula is C18H20F3N3O2. The minimum atomic E-state index is -4.42. The fourth-order valence-corrected chi connectivity index (χ4v) is 2.00. The van der Waals surface area contributed by atoms with Crippen LogP contribution in [0.1, 0.15) is 19.4 Å². The van der Waals surface area contributed by atoms with Crippen LogP contribution in [0.4, 0.5) is 13.2 Å². The highest BCUT2D eigenvalue weighted by atomic mass is 19.4. The Morgan fingerprint density at radius 1 is 1.08 bits per heavy atom. The van der Waals surface area contributed by atoms with Crippen molar-refractivity contribution in [3.8, 4) is 17.4 Å². The maximum Gasteiger partial charge on any atom is 0.417 e. The summed E-state index contributed by atoms with van der Waals surface area (Å²) in [6, 6.07) is 8.82. The summed E-state index contributed by atoms with van der Waals surface area (Å²) >= 11 is 0. The summed E-state index contributed by atoms with van der Waals surface area (Å²) in [7, 11) is 3.66. The maximum absolute atomic E-state index is 12.5. The normalized spacial score (nSPS) is 13.3. The van der Waals surface area contributed by atoms with Crippen LogP contribution in [0.5, 0.6) is 17.4 Å². The summed E-state index contributed by atoms with van der Waals surface area (Å²) in [5, 5.41) is 5.98. The van der Waals surface area contributed by atoms with Crippen LogP contribution in [0.3, 0.4) is 0 Å². The van der Waals surface area contributed by atoms with Gasteiger partial charge in [-0.25, -0.2) is 4.98 Å². The van der Waals surface area contributed by atoms with E-state index in [0.29, 0.717) is 11.5 Å². The second-order valence-electron chi connectivity index (χ2n) is 5.81. The zero-order valence-corrected chi connectivity index (χ0v) is 14.9. The lowest BCUT2D eigenvalue weighted by Gasteiger charge is -2.16. The first-order valence-electron chi connectivity index (χ1n) is 7.85. The summed E-state index contributed by atoms with van der Waals surface area (Å²) in [5.41, 5.74) is 0.00150. The molecule has 0 saturated heterocycles. The predicted molar refractivity (Wildman–Crippen MR) is 92.6 cm³/mol. The van der Waals surface area contributed by atoms with E-state index in [2.05, 4.69) is 10.1 Å². The van der Waals surface area contributed by atoms with E-state index >= 15 is 0 Å². The van der Waals surface area contributed by atoms with Crippen LogP contribution in [0.25, 0.3) is 0 Å². The Morgan fingerprint density at radius 3 is 2.19 bits per heavy atom. The molecule has 1 atom stereocenters. The molecule has 0 saturated carbocycles. The van der Waals surface area contributed by atoms with Crippen molar-refractivity contribution in [3.05, 3.63) is 48.2 Å². The van der Waals surface area contributed by atoms with Gasteiger partial charge in [-0.15, -0.1) is 0 Å². The van der Waals surface area contributed by atoms with E-state index in [4.69, 9.17) is 9.47 Å².